The maximum absolute atomic E-state index is 11.8. The summed E-state index contributed by atoms with van der Waals surface area (Å²) in [4.78, 5) is 11.8. The van der Waals surface area contributed by atoms with E-state index in [9.17, 15) is 4.79 Å². The predicted octanol–water partition coefficient (Wildman–Crippen LogP) is 3.00. The SMILES string of the molecule is CC(CNC(=O)CCc1cccc(N)c1)C(C)(C)C. The number of nitrogens with one attached hydrogen (secondary N) is 1. The van der Waals surface area contributed by atoms with Crippen LogP contribution in [0.15, 0.2) is 24.3 Å². The van der Waals surface area contributed by atoms with Gasteiger partial charge in [0, 0.05) is 18.7 Å². The third kappa shape index (κ3) is 5.77. The molecule has 1 amide bonds. The number of anilines is 1. The Hall–Kier alpha value is -1.51. The molecule has 0 bridgehead atoms. The van der Waals surface area contributed by atoms with Crippen molar-refractivity contribution in [3.63, 3.8) is 0 Å². The minimum atomic E-state index is 0.110. The van der Waals surface area contributed by atoms with E-state index in [2.05, 4.69) is 33.0 Å². The smallest absolute Gasteiger partial charge is 0.220 e. The summed E-state index contributed by atoms with van der Waals surface area (Å²) in [6.45, 7) is 9.47. The van der Waals surface area contributed by atoms with Crippen molar-refractivity contribution in [2.75, 3.05) is 12.3 Å². The number of carbonyl (C=O) groups is 1. The molecule has 1 unspecified atom stereocenters. The second kappa shape index (κ2) is 6.60. The highest BCUT2D eigenvalue weighted by Crippen LogP contribution is 2.24. The molecule has 3 nitrogen and oxygen atoms in total. The Morgan fingerprint density at radius 1 is 1.37 bits per heavy atom. The molecule has 0 radical (unpaired) electrons. The number of hydrogen-bond donors (Lipinski definition) is 2. The van der Waals surface area contributed by atoms with Crippen LogP contribution in [0.3, 0.4) is 0 Å². The van der Waals surface area contributed by atoms with E-state index in [1.165, 1.54) is 0 Å². The average molecular weight is 262 g/mol. The molecule has 0 saturated carbocycles. The number of carbonyl (C=O) groups excluding carboxylic acids is 1. The van der Waals surface area contributed by atoms with Gasteiger partial charge in [0.25, 0.3) is 0 Å². The van der Waals surface area contributed by atoms with Gasteiger partial charge in [-0.1, -0.05) is 39.8 Å². The van der Waals surface area contributed by atoms with Crippen molar-refractivity contribution in [2.24, 2.45) is 11.3 Å². The lowest BCUT2D eigenvalue weighted by atomic mass is 9.82. The Kier molecular flexibility index (Phi) is 5.40. The summed E-state index contributed by atoms with van der Waals surface area (Å²) < 4.78 is 0. The van der Waals surface area contributed by atoms with Crippen molar-refractivity contribution in [2.45, 2.75) is 40.5 Å². The first kappa shape index (κ1) is 15.5. The molecule has 0 aliphatic heterocycles. The van der Waals surface area contributed by atoms with Crippen LogP contribution in [0.1, 0.15) is 39.7 Å². The highest BCUT2D eigenvalue weighted by Gasteiger charge is 2.20. The van der Waals surface area contributed by atoms with Gasteiger partial charge in [-0.2, -0.15) is 0 Å². The lowest BCUT2D eigenvalue weighted by Gasteiger charge is -2.27. The fraction of sp³-hybridized carbons (Fsp3) is 0.562. The highest BCUT2D eigenvalue weighted by molar-refractivity contribution is 5.76. The summed E-state index contributed by atoms with van der Waals surface area (Å²) in [6.07, 6.45) is 1.25. The maximum atomic E-state index is 11.8. The van der Waals surface area contributed by atoms with Crippen molar-refractivity contribution in [3.8, 4) is 0 Å². The van der Waals surface area contributed by atoms with E-state index in [1.807, 2.05) is 24.3 Å². The Balaban J connectivity index is 2.33. The molecule has 0 aromatic heterocycles. The number of benzene rings is 1. The molecule has 0 aliphatic rings. The minimum Gasteiger partial charge on any atom is -0.399 e. The molecular formula is C16H26N2O. The fourth-order valence-electron chi connectivity index (χ4n) is 1.67. The summed E-state index contributed by atoms with van der Waals surface area (Å²) in [5, 5.41) is 3.00. The van der Waals surface area contributed by atoms with Gasteiger partial charge in [-0.05, 0) is 35.4 Å². The normalized spacial score (nSPS) is 13.1. The number of nitrogens with two attached hydrogens (primary N) is 1. The third-order valence-electron chi connectivity index (χ3n) is 3.68. The number of nitrogen functional groups attached to an aromatic ring is 1. The van der Waals surface area contributed by atoms with Crippen LogP contribution in [0.25, 0.3) is 0 Å². The van der Waals surface area contributed by atoms with Crippen molar-refractivity contribution in [3.05, 3.63) is 29.8 Å². The van der Waals surface area contributed by atoms with E-state index >= 15 is 0 Å². The zero-order chi connectivity index (χ0) is 14.5. The van der Waals surface area contributed by atoms with Gasteiger partial charge in [0.2, 0.25) is 5.91 Å². The molecule has 1 rings (SSSR count). The van der Waals surface area contributed by atoms with Gasteiger partial charge in [-0.15, -0.1) is 0 Å². The Morgan fingerprint density at radius 3 is 2.63 bits per heavy atom. The first-order valence-corrected chi connectivity index (χ1v) is 6.90. The Labute approximate surface area is 116 Å². The van der Waals surface area contributed by atoms with E-state index < -0.39 is 0 Å². The van der Waals surface area contributed by atoms with Gasteiger partial charge in [-0.25, -0.2) is 0 Å². The van der Waals surface area contributed by atoms with Crippen molar-refractivity contribution < 1.29 is 4.79 Å². The second-order valence-electron chi connectivity index (χ2n) is 6.32. The summed E-state index contributed by atoms with van der Waals surface area (Å²) in [6, 6.07) is 7.70. The molecule has 3 heteroatoms. The van der Waals surface area contributed by atoms with E-state index in [4.69, 9.17) is 5.73 Å². The Bertz CT molecular complexity index is 421. The molecule has 3 N–H and O–H groups in total. The van der Waals surface area contributed by atoms with Crippen LogP contribution >= 0.6 is 0 Å². The standard InChI is InChI=1S/C16H26N2O/c1-12(16(2,3)4)11-18-15(19)9-8-13-6-5-7-14(17)10-13/h5-7,10,12H,8-9,11,17H2,1-4H3,(H,18,19). The highest BCUT2D eigenvalue weighted by atomic mass is 16.1. The largest absolute Gasteiger partial charge is 0.399 e. The molecule has 0 saturated heterocycles. The van der Waals surface area contributed by atoms with E-state index in [0.717, 1.165) is 24.2 Å². The van der Waals surface area contributed by atoms with Gasteiger partial charge < -0.3 is 11.1 Å². The van der Waals surface area contributed by atoms with Crippen molar-refractivity contribution in [1.29, 1.82) is 0 Å². The molecular weight excluding hydrogens is 236 g/mol. The van der Waals surface area contributed by atoms with Gasteiger partial charge in [0.15, 0.2) is 0 Å². The summed E-state index contributed by atoms with van der Waals surface area (Å²) in [5.41, 5.74) is 7.79. The van der Waals surface area contributed by atoms with E-state index in [0.29, 0.717) is 12.3 Å². The maximum Gasteiger partial charge on any atom is 0.220 e. The summed E-state index contributed by atoms with van der Waals surface area (Å²) in [7, 11) is 0. The lowest BCUT2D eigenvalue weighted by molar-refractivity contribution is -0.121. The van der Waals surface area contributed by atoms with Crippen LogP contribution in [0.4, 0.5) is 5.69 Å². The molecule has 0 fully saturated rings. The van der Waals surface area contributed by atoms with E-state index in [1.54, 1.807) is 0 Å². The molecule has 0 aliphatic carbocycles. The van der Waals surface area contributed by atoms with Crippen LogP contribution in [0, 0.1) is 11.3 Å². The van der Waals surface area contributed by atoms with Crippen LogP contribution in [-0.4, -0.2) is 12.5 Å². The van der Waals surface area contributed by atoms with Gasteiger partial charge in [0.1, 0.15) is 0 Å². The third-order valence-corrected chi connectivity index (χ3v) is 3.68. The molecule has 1 atom stereocenters. The molecule has 106 valence electrons. The minimum absolute atomic E-state index is 0.110. The van der Waals surface area contributed by atoms with Gasteiger partial charge in [0.05, 0.1) is 0 Å². The van der Waals surface area contributed by atoms with Crippen LogP contribution < -0.4 is 11.1 Å². The number of aryl methyl sites for hydroxylation is 1. The quantitative estimate of drug-likeness (QED) is 0.801. The second-order valence-corrected chi connectivity index (χ2v) is 6.32. The molecule has 1 aromatic rings. The van der Waals surface area contributed by atoms with Crippen molar-refractivity contribution >= 4 is 11.6 Å². The molecule has 1 aromatic carbocycles. The molecule has 19 heavy (non-hydrogen) atoms. The summed E-state index contributed by atoms with van der Waals surface area (Å²) in [5.74, 6) is 0.572. The first-order valence-electron chi connectivity index (χ1n) is 6.90. The summed E-state index contributed by atoms with van der Waals surface area (Å²) >= 11 is 0. The zero-order valence-electron chi connectivity index (χ0n) is 12.5. The lowest BCUT2D eigenvalue weighted by Crippen LogP contribution is -2.33. The number of amides is 1. The number of hydrogen-bond acceptors (Lipinski definition) is 2. The average Bonchev–Trinajstić information content (AvgIpc) is 2.32. The number of rotatable bonds is 5. The monoisotopic (exact) mass is 262 g/mol. The molecule has 0 heterocycles. The fourth-order valence-corrected chi connectivity index (χ4v) is 1.67. The Morgan fingerprint density at radius 2 is 2.05 bits per heavy atom. The van der Waals surface area contributed by atoms with Gasteiger partial charge in [-0.3, -0.25) is 4.79 Å². The van der Waals surface area contributed by atoms with E-state index in [-0.39, 0.29) is 11.3 Å². The first-order chi connectivity index (χ1) is 8.79. The topological polar surface area (TPSA) is 55.1 Å². The predicted molar refractivity (Wildman–Crippen MR) is 80.8 cm³/mol. The van der Waals surface area contributed by atoms with Crippen LogP contribution in [0.5, 0.6) is 0 Å². The van der Waals surface area contributed by atoms with Crippen LogP contribution in [-0.2, 0) is 11.2 Å². The van der Waals surface area contributed by atoms with Crippen LogP contribution in [0.2, 0.25) is 0 Å². The zero-order valence-corrected chi connectivity index (χ0v) is 12.5. The molecule has 0 spiro atoms. The van der Waals surface area contributed by atoms with Crippen molar-refractivity contribution in [1.82, 2.24) is 5.32 Å². The van der Waals surface area contributed by atoms with Gasteiger partial charge >= 0.3 is 0 Å².